The molecule has 0 aliphatic rings. The normalized spacial score (nSPS) is 11.8. The lowest BCUT2D eigenvalue weighted by Crippen LogP contribution is -2.35. The molecule has 0 atom stereocenters. The van der Waals surface area contributed by atoms with E-state index in [9.17, 15) is 0 Å². The molecule has 1 aromatic carbocycles. The Hall–Kier alpha value is -0.480. The van der Waals surface area contributed by atoms with Gasteiger partial charge in [0.2, 0.25) is 0 Å². The molecule has 1 aromatic heterocycles. The van der Waals surface area contributed by atoms with Gasteiger partial charge in [-0.25, -0.2) is 0 Å². The summed E-state index contributed by atoms with van der Waals surface area (Å²) in [5, 5.41) is 6.41. The second kappa shape index (κ2) is 6.31. The van der Waals surface area contributed by atoms with Gasteiger partial charge in [0.15, 0.2) is 0 Å². The van der Waals surface area contributed by atoms with Crippen LogP contribution in [0.1, 0.15) is 26.3 Å². The van der Waals surface area contributed by atoms with Gasteiger partial charge in [0.25, 0.3) is 0 Å². The van der Waals surface area contributed by atoms with E-state index in [2.05, 4.69) is 55.7 Å². The minimum atomic E-state index is 0.104. The lowest BCUT2D eigenvalue weighted by Gasteiger charge is -2.21. The third kappa shape index (κ3) is 4.84. The van der Waals surface area contributed by atoms with Crippen molar-refractivity contribution >= 4 is 34.7 Å². The molecule has 0 radical (unpaired) electrons. The Bertz CT molecular complexity index is 530. The lowest BCUT2D eigenvalue weighted by atomic mass is 10.1. The molecule has 1 heterocycles. The van der Waals surface area contributed by atoms with Crippen molar-refractivity contribution in [2.75, 3.05) is 0 Å². The van der Waals surface area contributed by atoms with Crippen molar-refractivity contribution < 1.29 is 0 Å². The average molecular weight is 312 g/mol. The first kappa shape index (κ1) is 14.9. The van der Waals surface area contributed by atoms with E-state index >= 15 is 0 Å². The molecule has 2 aromatic rings. The molecule has 19 heavy (non-hydrogen) atoms. The van der Waals surface area contributed by atoms with Crippen molar-refractivity contribution in [2.24, 2.45) is 0 Å². The zero-order valence-electron chi connectivity index (χ0n) is 11.4. The Kier molecular flexibility index (Phi) is 4.96. The third-order valence-electron chi connectivity index (χ3n) is 2.54. The van der Waals surface area contributed by atoms with Crippen molar-refractivity contribution in [1.29, 1.82) is 0 Å². The van der Waals surface area contributed by atoms with Gasteiger partial charge in [-0.05, 0) is 56.0 Å². The minimum absolute atomic E-state index is 0.104. The van der Waals surface area contributed by atoms with Crippen molar-refractivity contribution in [3.63, 3.8) is 0 Å². The van der Waals surface area contributed by atoms with Crippen LogP contribution in [0.4, 0.5) is 0 Å². The summed E-state index contributed by atoms with van der Waals surface area (Å²) < 4.78 is 1.30. The van der Waals surface area contributed by atoms with Crippen LogP contribution in [0.5, 0.6) is 0 Å². The molecule has 0 fully saturated rings. The Labute approximate surface area is 128 Å². The maximum atomic E-state index is 6.11. The van der Waals surface area contributed by atoms with Crippen LogP contribution < -0.4 is 5.32 Å². The van der Waals surface area contributed by atoms with Crippen molar-refractivity contribution in [2.45, 2.75) is 42.0 Å². The van der Waals surface area contributed by atoms with Crippen LogP contribution >= 0.6 is 34.7 Å². The Morgan fingerprint density at radius 2 is 2.05 bits per heavy atom. The van der Waals surface area contributed by atoms with Gasteiger partial charge in [-0.3, -0.25) is 0 Å². The van der Waals surface area contributed by atoms with Gasteiger partial charge in [0.05, 0.1) is 4.21 Å². The summed E-state index contributed by atoms with van der Waals surface area (Å²) in [5.41, 5.74) is 1.36. The summed E-state index contributed by atoms with van der Waals surface area (Å²) in [6.07, 6.45) is 0. The molecule has 0 aliphatic carbocycles. The van der Waals surface area contributed by atoms with E-state index < -0.39 is 0 Å². The first-order valence-electron chi connectivity index (χ1n) is 6.19. The fraction of sp³-hybridized carbons (Fsp3) is 0.333. The van der Waals surface area contributed by atoms with Crippen LogP contribution in [0.2, 0.25) is 5.02 Å². The summed E-state index contributed by atoms with van der Waals surface area (Å²) >= 11 is 9.68. The van der Waals surface area contributed by atoms with Gasteiger partial charge in [-0.1, -0.05) is 29.4 Å². The molecule has 0 unspecified atom stereocenters. The monoisotopic (exact) mass is 311 g/mol. The SMILES string of the molecule is CC(C)(C)NCc1cc(Cl)ccc1Sc1cccs1. The second-order valence-electron chi connectivity index (χ2n) is 5.39. The Balaban J connectivity index is 2.18. The van der Waals surface area contributed by atoms with Crippen molar-refractivity contribution in [3.05, 3.63) is 46.3 Å². The maximum absolute atomic E-state index is 6.11. The van der Waals surface area contributed by atoms with Crippen LogP contribution in [0.25, 0.3) is 0 Å². The quantitative estimate of drug-likeness (QED) is 0.806. The summed E-state index contributed by atoms with van der Waals surface area (Å²) in [6.45, 7) is 7.34. The smallest absolute Gasteiger partial charge is 0.0646 e. The number of benzene rings is 1. The highest BCUT2D eigenvalue weighted by atomic mass is 35.5. The number of thiophene rings is 1. The summed E-state index contributed by atoms with van der Waals surface area (Å²) in [6, 6.07) is 10.3. The number of nitrogens with one attached hydrogen (secondary N) is 1. The second-order valence-corrected chi connectivity index (χ2v) is 8.12. The van der Waals surface area contributed by atoms with Crippen molar-refractivity contribution in [3.8, 4) is 0 Å². The predicted molar refractivity (Wildman–Crippen MR) is 86.5 cm³/mol. The largest absolute Gasteiger partial charge is 0.308 e. The highest BCUT2D eigenvalue weighted by Crippen LogP contribution is 2.34. The average Bonchev–Trinajstić information content (AvgIpc) is 2.81. The number of hydrogen-bond acceptors (Lipinski definition) is 3. The summed E-state index contributed by atoms with van der Waals surface area (Å²) in [7, 11) is 0. The van der Waals surface area contributed by atoms with E-state index in [1.165, 1.54) is 14.7 Å². The highest BCUT2D eigenvalue weighted by Gasteiger charge is 2.11. The van der Waals surface area contributed by atoms with Gasteiger partial charge in [0, 0.05) is 22.0 Å². The van der Waals surface area contributed by atoms with Crippen LogP contribution in [0.15, 0.2) is 44.8 Å². The van der Waals surface area contributed by atoms with E-state index in [1.807, 2.05) is 6.07 Å². The Morgan fingerprint density at radius 3 is 2.68 bits per heavy atom. The Morgan fingerprint density at radius 1 is 1.26 bits per heavy atom. The first-order valence-corrected chi connectivity index (χ1v) is 8.26. The van der Waals surface area contributed by atoms with Crippen molar-refractivity contribution in [1.82, 2.24) is 5.32 Å². The molecule has 2 rings (SSSR count). The molecule has 0 saturated carbocycles. The van der Waals surface area contributed by atoms with Gasteiger partial charge >= 0.3 is 0 Å². The molecular formula is C15H18ClNS2. The van der Waals surface area contributed by atoms with E-state index in [0.717, 1.165) is 11.6 Å². The van der Waals surface area contributed by atoms with E-state index in [0.29, 0.717) is 0 Å². The highest BCUT2D eigenvalue weighted by molar-refractivity contribution is 8.01. The predicted octanol–water partition coefficient (Wildman–Crippen LogP) is 5.44. The topological polar surface area (TPSA) is 12.0 Å². The third-order valence-corrected chi connectivity index (χ3v) is 4.93. The van der Waals surface area contributed by atoms with Gasteiger partial charge in [0.1, 0.15) is 0 Å². The molecular weight excluding hydrogens is 294 g/mol. The first-order chi connectivity index (χ1) is 8.94. The van der Waals surface area contributed by atoms with Crippen LogP contribution in [-0.2, 0) is 6.54 Å². The molecule has 0 saturated heterocycles. The van der Waals surface area contributed by atoms with Crippen LogP contribution in [-0.4, -0.2) is 5.54 Å². The fourth-order valence-electron chi connectivity index (χ4n) is 1.58. The van der Waals surface area contributed by atoms with Crippen LogP contribution in [0, 0.1) is 0 Å². The zero-order valence-corrected chi connectivity index (χ0v) is 13.8. The molecule has 0 amide bonds. The maximum Gasteiger partial charge on any atom is 0.0646 e. The van der Waals surface area contributed by atoms with Gasteiger partial charge in [-0.2, -0.15) is 0 Å². The molecule has 1 N–H and O–H groups in total. The summed E-state index contributed by atoms with van der Waals surface area (Å²) in [4.78, 5) is 1.27. The molecule has 0 bridgehead atoms. The number of rotatable bonds is 4. The summed E-state index contributed by atoms with van der Waals surface area (Å²) in [5.74, 6) is 0. The molecule has 0 spiro atoms. The lowest BCUT2D eigenvalue weighted by molar-refractivity contribution is 0.422. The van der Waals surface area contributed by atoms with E-state index in [1.54, 1.807) is 23.1 Å². The van der Waals surface area contributed by atoms with E-state index in [-0.39, 0.29) is 5.54 Å². The minimum Gasteiger partial charge on any atom is -0.308 e. The van der Waals surface area contributed by atoms with E-state index in [4.69, 9.17) is 11.6 Å². The van der Waals surface area contributed by atoms with Crippen LogP contribution in [0.3, 0.4) is 0 Å². The van der Waals surface area contributed by atoms with Gasteiger partial charge in [-0.15, -0.1) is 11.3 Å². The molecule has 4 heteroatoms. The molecule has 0 aliphatic heterocycles. The fourth-order valence-corrected chi connectivity index (χ4v) is 3.61. The standard InChI is InChI=1S/C15H18ClNS2/c1-15(2,3)17-10-11-9-12(16)6-7-13(11)19-14-5-4-8-18-14/h4-9,17H,10H2,1-3H3. The zero-order chi connectivity index (χ0) is 13.9. The van der Waals surface area contributed by atoms with Gasteiger partial charge < -0.3 is 5.32 Å². The molecule has 1 nitrogen and oxygen atoms in total. The number of halogens is 1. The number of hydrogen-bond donors (Lipinski definition) is 1. The molecule has 102 valence electrons.